The van der Waals surface area contributed by atoms with Crippen LogP contribution in [-0.2, 0) is 10.0 Å². The van der Waals surface area contributed by atoms with Crippen molar-refractivity contribution in [2.75, 3.05) is 13.1 Å². The minimum absolute atomic E-state index is 0.0877. The summed E-state index contributed by atoms with van der Waals surface area (Å²) in [7, 11) is -3.64. The van der Waals surface area contributed by atoms with Gasteiger partial charge in [-0.1, -0.05) is 17.7 Å². The van der Waals surface area contributed by atoms with Gasteiger partial charge in [0.25, 0.3) is 5.91 Å². The third-order valence-corrected chi connectivity index (χ3v) is 6.52. The zero-order valence-electron chi connectivity index (χ0n) is 14.6. The molecule has 2 N–H and O–H groups in total. The monoisotopic (exact) mass is 396 g/mol. The number of rotatable bonds is 4. The molecule has 0 radical (unpaired) electrons. The molecule has 140 valence electrons. The maximum atomic E-state index is 12.6. The first kappa shape index (κ1) is 18.9. The van der Waals surface area contributed by atoms with Gasteiger partial charge in [0.2, 0.25) is 10.0 Å². The molecule has 0 unspecified atom stereocenters. The van der Waals surface area contributed by atoms with Crippen LogP contribution in [0.2, 0.25) is 5.02 Å². The standard InChI is InChI=1S/C17H21ClN4O3S/c1-11-16(12(2)20-19-11)26(24,25)21-15-6-8-22(9-7-15)17(23)13-4-3-5-14(18)10-13/h3-5,10,15,21H,6-9H2,1-2H3,(H,19,20). The van der Waals surface area contributed by atoms with Crippen LogP contribution in [0.15, 0.2) is 29.2 Å². The van der Waals surface area contributed by atoms with E-state index in [0.717, 1.165) is 0 Å². The van der Waals surface area contributed by atoms with E-state index < -0.39 is 10.0 Å². The third kappa shape index (κ3) is 3.92. The molecular weight excluding hydrogens is 376 g/mol. The summed E-state index contributed by atoms with van der Waals surface area (Å²) in [6, 6.07) is 6.62. The van der Waals surface area contributed by atoms with Gasteiger partial charge in [-0.2, -0.15) is 5.10 Å². The number of benzene rings is 1. The summed E-state index contributed by atoms with van der Waals surface area (Å²) in [6.45, 7) is 4.31. The van der Waals surface area contributed by atoms with Crippen LogP contribution >= 0.6 is 11.6 Å². The first-order chi connectivity index (χ1) is 12.3. The predicted octanol–water partition coefficient (Wildman–Crippen LogP) is 2.26. The van der Waals surface area contributed by atoms with Gasteiger partial charge in [0, 0.05) is 29.7 Å². The highest BCUT2D eigenvalue weighted by atomic mass is 35.5. The molecule has 1 aliphatic heterocycles. The molecule has 1 aliphatic rings. The second-order valence-corrected chi connectivity index (χ2v) is 8.55. The fourth-order valence-corrected chi connectivity index (χ4v) is 5.09. The molecule has 1 aromatic carbocycles. The average molecular weight is 397 g/mol. The number of aryl methyl sites for hydroxylation is 2. The van der Waals surface area contributed by atoms with Crippen LogP contribution in [0.1, 0.15) is 34.6 Å². The number of H-pyrrole nitrogens is 1. The lowest BCUT2D eigenvalue weighted by Crippen LogP contribution is -2.46. The highest BCUT2D eigenvalue weighted by Crippen LogP contribution is 2.21. The van der Waals surface area contributed by atoms with E-state index in [0.29, 0.717) is 47.9 Å². The van der Waals surface area contributed by atoms with Crippen LogP contribution in [0.4, 0.5) is 0 Å². The van der Waals surface area contributed by atoms with Crippen molar-refractivity contribution in [1.82, 2.24) is 19.8 Å². The molecule has 2 aromatic rings. The van der Waals surface area contributed by atoms with Crippen molar-refractivity contribution in [3.05, 3.63) is 46.2 Å². The van der Waals surface area contributed by atoms with Crippen molar-refractivity contribution in [2.24, 2.45) is 0 Å². The quantitative estimate of drug-likeness (QED) is 0.828. The maximum absolute atomic E-state index is 12.6. The van der Waals surface area contributed by atoms with Crippen molar-refractivity contribution < 1.29 is 13.2 Å². The average Bonchev–Trinajstić information content (AvgIpc) is 2.94. The molecule has 0 aliphatic carbocycles. The molecular formula is C17H21ClN4O3S. The lowest BCUT2D eigenvalue weighted by molar-refractivity contribution is 0.0711. The third-order valence-electron chi connectivity index (χ3n) is 4.50. The van der Waals surface area contributed by atoms with Crippen molar-refractivity contribution in [2.45, 2.75) is 37.6 Å². The Labute approximate surface area is 157 Å². The molecule has 0 spiro atoms. The number of nitrogens with one attached hydrogen (secondary N) is 2. The highest BCUT2D eigenvalue weighted by molar-refractivity contribution is 7.89. The van der Waals surface area contributed by atoms with E-state index in [4.69, 9.17) is 11.6 Å². The Kier molecular flexibility index (Phi) is 5.36. The van der Waals surface area contributed by atoms with Gasteiger partial charge in [-0.05, 0) is 44.9 Å². The van der Waals surface area contributed by atoms with E-state index in [1.807, 2.05) is 0 Å². The number of carbonyl (C=O) groups is 1. The van der Waals surface area contributed by atoms with Crippen molar-refractivity contribution in [3.8, 4) is 0 Å². The second-order valence-electron chi connectivity index (χ2n) is 6.46. The van der Waals surface area contributed by atoms with E-state index in [1.165, 1.54) is 0 Å². The molecule has 1 aromatic heterocycles. The minimum atomic E-state index is -3.64. The van der Waals surface area contributed by atoms with E-state index in [1.54, 1.807) is 43.0 Å². The number of nitrogens with zero attached hydrogens (tertiary/aromatic N) is 2. The van der Waals surface area contributed by atoms with Gasteiger partial charge in [-0.15, -0.1) is 0 Å². The number of hydrogen-bond donors (Lipinski definition) is 2. The summed E-state index contributed by atoms with van der Waals surface area (Å²) in [6.07, 6.45) is 1.11. The molecule has 3 rings (SSSR count). The minimum Gasteiger partial charge on any atom is -0.339 e. The Balaban J connectivity index is 1.63. The van der Waals surface area contributed by atoms with Gasteiger partial charge in [0.05, 0.1) is 11.4 Å². The highest BCUT2D eigenvalue weighted by Gasteiger charge is 2.29. The van der Waals surface area contributed by atoms with Crippen LogP contribution in [0.25, 0.3) is 0 Å². The number of aromatic amines is 1. The lowest BCUT2D eigenvalue weighted by atomic mass is 10.0. The smallest absolute Gasteiger partial charge is 0.253 e. The largest absolute Gasteiger partial charge is 0.339 e. The summed E-state index contributed by atoms with van der Waals surface area (Å²) >= 11 is 5.94. The first-order valence-corrected chi connectivity index (χ1v) is 10.2. The first-order valence-electron chi connectivity index (χ1n) is 8.36. The molecule has 1 saturated heterocycles. The fraction of sp³-hybridized carbons (Fsp3) is 0.412. The number of carbonyl (C=O) groups excluding carboxylic acids is 1. The van der Waals surface area contributed by atoms with Crippen LogP contribution in [0.5, 0.6) is 0 Å². The number of aromatic nitrogens is 2. The zero-order chi connectivity index (χ0) is 18.9. The molecule has 26 heavy (non-hydrogen) atoms. The van der Waals surface area contributed by atoms with Crippen LogP contribution < -0.4 is 4.72 Å². The maximum Gasteiger partial charge on any atom is 0.253 e. The van der Waals surface area contributed by atoms with E-state index >= 15 is 0 Å². The molecule has 7 nitrogen and oxygen atoms in total. The van der Waals surface area contributed by atoms with Gasteiger partial charge < -0.3 is 4.90 Å². The number of likely N-dealkylation sites (tertiary alicyclic amines) is 1. The normalized spacial score (nSPS) is 16.0. The SMILES string of the molecule is Cc1n[nH]c(C)c1S(=O)(=O)NC1CCN(C(=O)c2cccc(Cl)c2)CC1. The van der Waals surface area contributed by atoms with Crippen LogP contribution in [0.3, 0.4) is 0 Å². The summed E-state index contributed by atoms with van der Waals surface area (Å²) in [5, 5.41) is 7.15. The van der Waals surface area contributed by atoms with Crippen molar-refractivity contribution >= 4 is 27.5 Å². The molecule has 0 saturated carbocycles. The number of halogens is 1. The molecule has 1 amide bonds. The second kappa shape index (κ2) is 7.38. The lowest BCUT2D eigenvalue weighted by Gasteiger charge is -2.32. The topological polar surface area (TPSA) is 95.2 Å². The molecule has 2 heterocycles. The number of sulfonamides is 1. The van der Waals surface area contributed by atoms with Crippen LogP contribution in [0, 0.1) is 13.8 Å². The summed E-state index contributed by atoms with van der Waals surface area (Å²) < 4.78 is 28.0. The van der Waals surface area contributed by atoms with E-state index in [-0.39, 0.29) is 16.8 Å². The summed E-state index contributed by atoms with van der Waals surface area (Å²) in [5.74, 6) is -0.0877. The molecule has 9 heteroatoms. The van der Waals surface area contributed by atoms with Gasteiger partial charge in [0.15, 0.2) is 0 Å². The Morgan fingerprint density at radius 2 is 2.00 bits per heavy atom. The number of piperidine rings is 1. The fourth-order valence-electron chi connectivity index (χ4n) is 3.22. The molecule has 1 fully saturated rings. The summed E-state index contributed by atoms with van der Waals surface area (Å²) in [4.78, 5) is 14.5. The molecule has 0 bridgehead atoms. The van der Waals surface area contributed by atoms with Crippen molar-refractivity contribution in [3.63, 3.8) is 0 Å². The zero-order valence-corrected chi connectivity index (χ0v) is 16.2. The van der Waals surface area contributed by atoms with Gasteiger partial charge in [0.1, 0.15) is 4.90 Å². The van der Waals surface area contributed by atoms with Crippen LogP contribution in [-0.4, -0.2) is 48.6 Å². The van der Waals surface area contributed by atoms with E-state index in [9.17, 15) is 13.2 Å². The van der Waals surface area contributed by atoms with Gasteiger partial charge in [-0.3, -0.25) is 9.89 Å². The Morgan fingerprint density at radius 3 is 2.58 bits per heavy atom. The van der Waals surface area contributed by atoms with Gasteiger partial charge >= 0.3 is 0 Å². The molecule has 0 atom stereocenters. The predicted molar refractivity (Wildman–Crippen MR) is 98.8 cm³/mol. The Bertz CT molecular complexity index is 898. The van der Waals surface area contributed by atoms with Gasteiger partial charge in [-0.25, -0.2) is 13.1 Å². The summed E-state index contributed by atoms with van der Waals surface area (Å²) in [5.41, 5.74) is 1.51. The van der Waals surface area contributed by atoms with Crippen molar-refractivity contribution in [1.29, 1.82) is 0 Å². The van der Waals surface area contributed by atoms with E-state index in [2.05, 4.69) is 14.9 Å². The number of amides is 1. The Morgan fingerprint density at radius 1 is 1.31 bits per heavy atom. The Hall–Kier alpha value is -1.90. The number of hydrogen-bond acceptors (Lipinski definition) is 4.